The van der Waals surface area contributed by atoms with E-state index in [1.165, 1.54) is 0 Å². The molecule has 1 N–H and O–H groups in total. The molecule has 1 aliphatic heterocycles. The molecule has 1 aromatic heterocycles. The van der Waals surface area contributed by atoms with Crippen LogP contribution in [0.4, 0.5) is 10.5 Å². The highest BCUT2D eigenvalue weighted by atomic mass is 16.5. The molecule has 1 saturated heterocycles. The minimum atomic E-state index is -0.142. The summed E-state index contributed by atoms with van der Waals surface area (Å²) < 4.78 is 5.49. The molecule has 152 valence electrons. The fraction of sp³-hybridized carbons (Fsp3) is 0.273. The molecule has 0 saturated carbocycles. The molecule has 0 radical (unpaired) electrons. The van der Waals surface area contributed by atoms with Crippen molar-refractivity contribution in [1.82, 2.24) is 19.9 Å². The number of anilines is 1. The zero-order chi connectivity index (χ0) is 20.9. The monoisotopic (exact) mass is 402 g/mol. The first-order chi connectivity index (χ1) is 14.6. The van der Waals surface area contributed by atoms with E-state index in [4.69, 9.17) is 9.78 Å². The lowest BCUT2D eigenvalue weighted by Crippen LogP contribution is -2.50. The van der Waals surface area contributed by atoms with E-state index in [1.807, 2.05) is 37.3 Å². The lowest BCUT2D eigenvalue weighted by Gasteiger charge is -2.36. The summed E-state index contributed by atoms with van der Waals surface area (Å²) in [5.74, 6) is 1.15. The van der Waals surface area contributed by atoms with Crippen LogP contribution < -0.4 is 5.32 Å². The maximum absolute atomic E-state index is 12.5. The van der Waals surface area contributed by atoms with E-state index < -0.39 is 0 Å². The number of amides is 2. The number of nitriles is 1. The number of benzene rings is 2. The number of aromatic nitrogens is 2. The number of nitrogens with one attached hydrogen (secondary N) is 1. The van der Waals surface area contributed by atoms with Gasteiger partial charge in [0.1, 0.15) is 0 Å². The molecule has 8 heteroatoms. The molecule has 2 aromatic carbocycles. The molecule has 0 aliphatic carbocycles. The largest absolute Gasteiger partial charge is 0.337 e. The van der Waals surface area contributed by atoms with Crippen molar-refractivity contribution in [3.63, 3.8) is 0 Å². The number of hydrogen-bond acceptors (Lipinski definition) is 6. The highest BCUT2D eigenvalue weighted by Crippen LogP contribution is 2.23. The summed E-state index contributed by atoms with van der Waals surface area (Å²) in [5.41, 5.74) is 2.16. The van der Waals surface area contributed by atoms with Gasteiger partial charge in [0, 0.05) is 37.4 Å². The maximum atomic E-state index is 12.5. The van der Waals surface area contributed by atoms with Crippen LogP contribution in [0.2, 0.25) is 0 Å². The highest BCUT2D eigenvalue weighted by molar-refractivity contribution is 5.89. The van der Waals surface area contributed by atoms with Gasteiger partial charge in [0.2, 0.25) is 11.7 Å². The second kappa shape index (κ2) is 8.76. The summed E-state index contributed by atoms with van der Waals surface area (Å²) in [6, 6.07) is 18.5. The minimum absolute atomic E-state index is 0.0290. The van der Waals surface area contributed by atoms with Gasteiger partial charge < -0.3 is 14.7 Å². The molecule has 8 nitrogen and oxygen atoms in total. The Morgan fingerprint density at radius 3 is 2.47 bits per heavy atom. The van der Waals surface area contributed by atoms with Crippen molar-refractivity contribution in [3.8, 4) is 17.5 Å². The van der Waals surface area contributed by atoms with E-state index in [1.54, 1.807) is 29.2 Å². The van der Waals surface area contributed by atoms with Crippen LogP contribution in [0.1, 0.15) is 24.4 Å². The predicted octanol–water partition coefficient (Wildman–Crippen LogP) is 3.52. The molecular formula is C22H22N6O2. The van der Waals surface area contributed by atoms with Crippen molar-refractivity contribution < 1.29 is 9.32 Å². The Hall–Kier alpha value is -3.70. The second-order valence-electron chi connectivity index (χ2n) is 7.14. The van der Waals surface area contributed by atoms with Crippen LogP contribution in [0.5, 0.6) is 0 Å². The number of piperazine rings is 1. The van der Waals surface area contributed by atoms with Crippen LogP contribution in [0, 0.1) is 11.3 Å². The van der Waals surface area contributed by atoms with E-state index in [0.717, 1.165) is 5.56 Å². The molecular weight excluding hydrogens is 380 g/mol. The average Bonchev–Trinajstić information content (AvgIpc) is 3.30. The van der Waals surface area contributed by atoms with Crippen molar-refractivity contribution in [2.45, 2.75) is 13.0 Å². The van der Waals surface area contributed by atoms with E-state index in [9.17, 15) is 4.79 Å². The van der Waals surface area contributed by atoms with E-state index in [2.05, 4.69) is 26.4 Å². The van der Waals surface area contributed by atoms with Gasteiger partial charge in [-0.2, -0.15) is 10.2 Å². The first kappa shape index (κ1) is 19.6. The van der Waals surface area contributed by atoms with Gasteiger partial charge >= 0.3 is 6.03 Å². The number of urea groups is 1. The zero-order valence-electron chi connectivity index (χ0n) is 16.7. The minimum Gasteiger partial charge on any atom is -0.337 e. The van der Waals surface area contributed by atoms with E-state index >= 15 is 0 Å². The van der Waals surface area contributed by atoms with Crippen LogP contribution in [-0.2, 0) is 0 Å². The number of nitrogens with zero attached hydrogens (tertiary/aromatic N) is 5. The third kappa shape index (κ3) is 4.31. The third-order valence-corrected chi connectivity index (χ3v) is 5.25. The van der Waals surface area contributed by atoms with Gasteiger partial charge in [-0.05, 0) is 31.2 Å². The molecule has 2 amide bonds. The summed E-state index contributed by atoms with van der Waals surface area (Å²) in [7, 11) is 0. The van der Waals surface area contributed by atoms with Gasteiger partial charge in [-0.15, -0.1) is 0 Å². The van der Waals surface area contributed by atoms with Gasteiger partial charge in [0.05, 0.1) is 17.7 Å². The summed E-state index contributed by atoms with van der Waals surface area (Å²) >= 11 is 0. The molecule has 1 atom stereocenters. The summed E-state index contributed by atoms with van der Waals surface area (Å²) in [4.78, 5) is 21.1. The van der Waals surface area contributed by atoms with E-state index in [-0.39, 0.29) is 12.1 Å². The molecule has 0 unspecified atom stereocenters. The molecule has 4 rings (SSSR count). The Morgan fingerprint density at radius 1 is 1.10 bits per heavy atom. The Kier molecular flexibility index (Phi) is 5.72. The van der Waals surface area contributed by atoms with Crippen molar-refractivity contribution in [1.29, 1.82) is 5.26 Å². The lowest BCUT2D eigenvalue weighted by atomic mass is 10.2. The van der Waals surface area contributed by atoms with Crippen LogP contribution in [0.15, 0.2) is 59.1 Å². The summed E-state index contributed by atoms with van der Waals surface area (Å²) in [5, 5.41) is 15.8. The molecule has 0 spiro atoms. The van der Waals surface area contributed by atoms with Gasteiger partial charge in [-0.25, -0.2) is 4.79 Å². The fourth-order valence-electron chi connectivity index (χ4n) is 3.41. The first-order valence-electron chi connectivity index (χ1n) is 9.83. The molecule has 1 fully saturated rings. The summed E-state index contributed by atoms with van der Waals surface area (Å²) in [6.07, 6.45) is 0. The quantitative estimate of drug-likeness (QED) is 0.717. The van der Waals surface area contributed by atoms with Crippen molar-refractivity contribution in [2.24, 2.45) is 0 Å². The zero-order valence-corrected chi connectivity index (χ0v) is 16.7. The maximum Gasteiger partial charge on any atom is 0.321 e. The average molecular weight is 402 g/mol. The molecule has 3 aromatic rings. The SMILES string of the molecule is C[C@@H](c1nc(-c2ccccc2)no1)N1CCN(C(=O)Nc2ccc(C#N)cc2)CC1. The van der Waals surface area contributed by atoms with Gasteiger partial charge in [-0.3, -0.25) is 4.90 Å². The highest BCUT2D eigenvalue weighted by Gasteiger charge is 2.27. The smallest absolute Gasteiger partial charge is 0.321 e. The van der Waals surface area contributed by atoms with Crippen LogP contribution in [-0.4, -0.2) is 52.2 Å². The van der Waals surface area contributed by atoms with Crippen LogP contribution in [0.3, 0.4) is 0 Å². The van der Waals surface area contributed by atoms with Gasteiger partial charge in [-0.1, -0.05) is 35.5 Å². The third-order valence-electron chi connectivity index (χ3n) is 5.25. The summed E-state index contributed by atoms with van der Waals surface area (Å²) in [6.45, 7) is 4.67. The van der Waals surface area contributed by atoms with E-state index in [0.29, 0.717) is 49.1 Å². The Morgan fingerprint density at radius 2 is 1.80 bits per heavy atom. The van der Waals surface area contributed by atoms with Crippen molar-refractivity contribution in [2.75, 3.05) is 31.5 Å². The Balaban J connectivity index is 1.32. The number of rotatable bonds is 4. The molecule has 0 bridgehead atoms. The van der Waals surface area contributed by atoms with Gasteiger partial charge in [0.25, 0.3) is 0 Å². The predicted molar refractivity (Wildman–Crippen MR) is 111 cm³/mol. The van der Waals surface area contributed by atoms with Crippen LogP contribution >= 0.6 is 0 Å². The van der Waals surface area contributed by atoms with Crippen LogP contribution in [0.25, 0.3) is 11.4 Å². The van der Waals surface area contributed by atoms with Gasteiger partial charge in [0.15, 0.2) is 0 Å². The number of hydrogen-bond donors (Lipinski definition) is 1. The van der Waals surface area contributed by atoms with Crippen molar-refractivity contribution in [3.05, 3.63) is 66.1 Å². The Bertz CT molecular complexity index is 1030. The topological polar surface area (TPSA) is 98.3 Å². The first-order valence-corrected chi connectivity index (χ1v) is 9.83. The van der Waals surface area contributed by atoms with Crippen molar-refractivity contribution >= 4 is 11.7 Å². The molecule has 2 heterocycles. The lowest BCUT2D eigenvalue weighted by molar-refractivity contribution is 0.104. The normalized spacial score (nSPS) is 15.4. The number of carbonyl (C=O) groups excluding carboxylic acids is 1. The molecule has 30 heavy (non-hydrogen) atoms. The molecule has 1 aliphatic rings. The number of carbonyl (C=O) groups is 1. The Labute approximate surface area is 174 Å². The second-order valence-corrected chi connectivity index (χ2v) is 7.14. The standard InChI is InChI=1S/C22H22N6O2/c1-16(21-25-20(26-30-21)18-5-3-2-4-6-18)27-11-13-28(14-12-27)22(29)24-19-9-7-17(15-23)8-10-19/h2-10,16H,11-14H2,1H3,(H,24,29)/t16-/m0/s1. The fourth-order valence-corrected chi connectivity index (χ4v) is 3.41.